The van der Waals surface area contributed by atoms with E-state index >= 15 is 0 Å². The topological polar surface area (TPSA) is 62.1 Å². The number of anilines is 1. The quantitative estimate of drug-likeness (QED) is 0.278. The number of amides is 1. The minimum absolute atomic E-state index is 0.00732. The monoisotopic (exact) mass is 430 g/mol. The fourth-order valence-corrected chi connectivity index (χ4v) is 3.00. The minimum atomic E-state index is -0.714. The van der Waals surface area contributed by atoms with Crippen molar-refractivity contribution in [1.82, 2.24) is 0 Å². The summed E-state index contributed by atoms with van der Waals surface area (Å²) < 4.78 is 33.0. The summed E-state index contributed by atoms with van der Waals surface area (Å²) >= 11 is 0. The summed E-state index contributed by atoms with van der Waals surface area (Å²) in [5, 5.41) is 11.8. The predicted octanol–water partition coefficient (Wildman–Crippen LogP) is 5.82. The summed E-state index contributed by atoms with van der Waals surface area (Å²) in [5.74, 6) is -1.06. The van der Waals surface area contributed by atoms with Crippen LogP contribution in [-0.2, 0) is 17.8 Å². The summed E-state index contributed by atoms with van der Waals surface area (Å²) in [6.07, 6.45) is 3.61. The van der Waals surface area contributed by atoms with E-state index in [-0.39, 0.29) is 23.7 Å². The number of carbonyl (C=O) groups excluding carboxylic acids is 1. The van der Waals surface area contributed by atoms with Gasteiger partial charge in [0, 0.05) is 0 Å². The van der Waals surface area contributed by atoms with Crippen LogP contribution in [0.4, 0.5) is 14.5 Å². The number of carbonyl (C=O) groups is 1. The minimum Gasteiger partial charge on any atom is -0.489 e. The molecule has 0 aliphatic rings. The number of allylic oxidation sites excluding steroid dienone is 1. The van der Waals surface area contributed by atoms with Gasteiger partial charge in [-0.2, -0.15) is 5.26 Å². The molecule has 160 valence electrons. The molecular weight excluding hydrogens is 410 g/mol. The Labute approximate surface area is 185 Å². The molecule has 0 fully saturated rings. The van der Waals surface area contributed by atoms with Crippen LogP contribution in [0.5, 0.6) is 5.75 Å². The van der Waals surface area contributed by atoms with Crippen molar-refractivity contribution in [2.45, 2.75) is 13.0 Å². The van der Waals surface area contributed by atoms with Crippen LogP contribution in [0.15, 0.2) is 85.0 Å². The highest BCUT2D eigenvalue weighted by atomic mass is 19.1. The van der Waals surface area contributed by atoms with E-state index in [9.17, 15) is 18.8 Å². The van der Waals surface area contributed by atoms with E-state index in [2.05, 4.69) is 11.9 Å². The van der Waals surface area contributed by atoms with Crippen LogP contribution in [0.1, 0.15) is 16.7 Å². The Kier molecular flexibility index (Phi) is 7.50. The Bertz CT molecular complexity index is 1210. The van der Waals surface area contributed by atoms with Gasteiger partial charge in [-0.3, -0.25) is 4.79 Å². The van der Waals surface area contributed by atoms with Crippen LogP contribution in [0.3, 0.4) is 0 Å². The summed E-state index contributed by atoms with van der Waals surface area (Å²) in [7, 11) is 0. The maximum atomic E-state index is 13.8. The van der Waals surface area contributed by atoms with Gasteiger partial charge in [-0.05, 0) is 65.6 Å². The molecule has 0 atom stereocenters. The molecule has 3 aromatic rings. The molecule has 0 saturated heterocycles. The third-order valence-corrected chi connectivity index (χ3v) is 4.53. The van der Waals surface area contributed by atoms with Gasteiger partial charge in [0.05, 0.1) is 5.69 Å². The standard InChI is InChI=1S/C26H20F2N2O2/c1-2-6-20-13-18(11-12-25(20)32-17-19-7-5-8-22(27)15-19)14-21(16-29)26(31)30-24-10-4-3-9-23(24)28/h2-5,7-15H,1,6,17H2,(H,30,31)/b21-14-. The molecule has 1 amide bonds. The molecule has 0 aromatic heterocycles. The predicted molar refractivity (Wildman–Crippen MR) is 120 cm³/mol. The fourth-order valence-electron chi connectivity index (χ4n) is 3.00. The van der Waals surface area contributed by atoms with Crippen LogP contribution in [0, 0.1) is 23.0 Å². The Hall–Kier alpha value is -4.24. The van der Waals surface area contributed by atoms with E-state index in [0.717, 1.165) is 5.56 Å². The lowest BCUT2D eigenvalue weighted by atomic mass is 10.0. The summed E-state index contributed by atoms with van der Waals surface area (Å²) in [6, 6.07) is 18.9. The van der Waals surface area contributed by atoms with E-state index in [1.54, 1.807) is 42.5 Å². The second-order valence-corrected chi connectivity index (χ2v) is 6.88. The van der Waals surface area contributed by atoms with Crippen molar-refractivity contribution in [3.8, 4) is 11.8 Å². The molecule has 4 nitrogen and oxygen atoms in total. The first-order chi connectivity index (χ1) is 15.5. The third-order valence-electron chi connectivity index (χ3n) is 4.53. The molecule has 0 radical (unpaired) electrons. The first kappa shape index (κ1) is 22.4. The lowest BCUT2D eigenvalue weighted by Gasteiger charge is -2.12. The SMILES string of the molecule is C=CCc1cc(/C=C(/C#N)C(=O)Nc2ccccc2F)ccc1OCc1cccc(F)c1. The van der Waals surface area contributed by atoms with Gasteiger partial charge in [-0.25, -0.2) is 8.78 Å². The molecule has 0 heterocycles. The lowest BCUT2D eigenvalue weighted by molar-refractivity contribution is -0.112. The van der Waals surface area contributed by atoms with Gasteiger partial charge < -0.3 is 10.1 Å². The maximum Gasteiger partial charge on any atom is 0.266 e. The third kappa shape index (κ3) is 5.89. The van der Waals surface area contributed by atoms with E-state index in [1.165, 1.54) is 36.4 Å². The number of hydrogen-bond acceptors (Lipinski definition) is 3. The number of halogens is 2. The molecule has 6 heteroatoms. The molecule has 1 N–H and O–H groups in total. The molecule has 0 spiro atoms. The second kappa shape index (κ2) is 10.7. The molecule has 32 heavy (non-hydrogen) atoms. The van der Waals surface area contributed by atoms with Crippen LogP contribution >= 0.6 is 0 Å². The van der Waals surface area contributed by atoms with Crippen molar-refractivity contribution in [3.05, 3.63) is 113 Å². The molecule has 0 aliphatic heterocycles. The first-order valence-corrected chi connectivity index (χ1v) is 9.79. The lowest BCUT2D eigenvalue weighted by Crippen LogP contribution is -2.14. The van der Waals surface area contributed by atoms with Crippen molar-refractivity contribution in [2.24, 2.45) is 0 Å². The maximum absolute atomic E-state index is 13.8. The molecule has 0 saturated carbocycles. The zero-order valence-corrected chi connectivity index (χ0v) is 17.1. The number of nitrogens with zero attached hydrogens (tertiary/aromatic N) is 1. The van der Waals surface area contributed by atoms with E-state index in [0.29, 0.717) is 23.3 Å². The zero-order valence-electron chi connectivity index (χ0n) is 17.1. The Balaban J connectivity index is 1.80. The van der Waals surface area contributed by atoms with Crippen molar-refractivity contribution >= 4 is 17.7 Å². The zero-order chi connectivity index (χ0) is 22.9. The number of benzene rings is 3. The van der Waals surface area contributed by atoms with Gasteiger partial charge >= 0.3 is 0 Å². The van der Waals surface area contributed by atoms with Gasteiger partial charge in [0.1, 0.15) is 35.6 Å². The average Bonchev–Trinajstić information content (AvgIpc) is 2.78. The highest BCUT2D eigenvalue weighted by Gasteiger charge is 2.13. The van der Waals surface area contributed by atoms with Gasteiger partial charge in [0.15, 0.2) is 0 Å². The number of hydrogen-bond donors (Lipinski definition) is 1. The highest BCUT2D eigenvalue weighted by Crippen LogP contribution is 2.24. The number of nitriles is 1. The molecular formula is C26H20F2N2O2. The van der Waals surface area contributed by atoms with Crippen molar-refractivity contribution < 1.29 is 18.3 Å². The molecule has 3 aromatic carbocycles. The second-order valence-electron chi connectivity index (χ2n) is 6.88. The normalized spacial score (nSPS) is 10.8. The van der Waals surface area contributed by atoms with E-state index in [4.69, 9.17) is 4.74 Å². The summed E-state index contributed by atoms with van der Waals surface area (Å²) in [6.45, 7) is 3.93. The van der Waals surface area contributed by atoms with Crippen LogP contribution in [0.2, 0.25) is 0 Å². The summed E-state index contributed by atoms with van der Waals surface area (Å²) in [4.78, 5) is 12.4. The Morgan fingerprint density at radius 1 is 1.09 bits per heavy atom. The summed E-state index contributed by atoms with van der Waals surface area (Å²) in [5.41, 5.74) is 1.89. The number of para-hydroxylation sites is 1. The van der Waals surface area contributed by atoms with Crippen LogP contribution in [-0.4, -0.2) is 5.91 Å². The van der Waals surface area contributed by atoms with Gasteiger partial charge in [0.2, 0.25) is 0 Å². The first-order valence-electron chi connectivity index (χ1n) is 9.79. The van der Waals surface area contributed by atoms with Crippen molar-refractivity contribution in [2.75, 3.05) is 5.32 Å². The van der Waals surface area contributed by atoms with E-state index < -0.39 is 11.7 Å². The van der Waals surface area contributed by atoms with Gasteiger partial charge in [0.25, 0.3) is 5.91 Å². The van der Waals surface area contributed by atoms with Crippen LogP contribution in [0.25, 0.3) is 6.08 Å². The number of rotatable bonds is 8. The Morgan fingerprint density at radius 2 is 1.91 bits per heavy atom. The average molecular weight is 430 g/mol. The molecule has 3 rings (SSSR count). The number of nitrogens with one attached hydrogen (secondary N) is 1. The molecule has 0 unspecified atom stereocenters. The van der Waals surface area contributed by atoms with Crippen molar-refractivity contribution in [3.63, 3.8) is 0 Å². The van der Waals surface area contributed by atoms with Crippen LogP contribution < -0.4 is 10.1 Å². The largest absolute Gasteiger partial charge is 0.489 e. The molecule has 0 aliphatic carbocycles. The molecule has 0 bridgehead atoms. The smallest absolute Gasteiger partial charge is 0.266 e. The van der Waals surface area contributed by atoms with Gasteiger partial charge in [-0.1, -0.05) is 36.4 Å². The highest BCUT2D eigenvalue weighted by molar-refractivity contribution is 6.09. The van der Waals surface area contributed by atoms with Crippen molar-refractivity contribution in [1.29, 1.82) is 5.26 Å². The fraction of sp³-hybridized carbons (Fsp3) is 0.0769. The number of ether oxygens (including phenoxy) is 1. The Morgan fingerprint density at radius 3 is 2.62 bits per heavy atom. The van der Waals surface area contributed by atoms with E-state index in [1.807, 2.05) is 6.07 Å². The van der Waals surface area contributed by atoms with Gasteiger partial charge in [-0.15, -0.1) is 6.58 Å².